The van der Waals surface area contributed by atoms with Crippen LogP contribution in [0.4, 0.5) is 5.69 Å². The second-order valence-electron chi connectivity index (χ2n) is 3.97. The molecule has 0 aliphatic carbocycles. The number of aryl methyl sites for hydroxylation is 2. The van der Waals surface area contributed by atoms with Crippen LogP contribution in [-0.2, 0) is 6.42 Å². The Balaban J connectivity index is 2.18. The lowest BCUT2D eigenvalue weighted by molar-refractivity contribution is 0.101. The number of nitrogens with zero attached hydrogens (tertiary/aromatic N) is 1. The summed E-state index contributed by atoms with van der Waals surface area (Å²) < 4.78 is 4.98. The minimum absolute atomic E-state index is 0.254. The zero-order valence-corrected chi connectivity index (χ0v) is 10.9. The Bertz CT molecular complexity index is 578. The fourth-order valence-corrected chi connectivity index (χ4v) is 1.67. The van der Waals surface area contributed by atoms with Crippen molar-refractivity contribution in [1.29, 1.82) is 0 Å². The topological polar surface area (TPSA) is 55.1 Å². The Labute approximate surface area is 110 Å². The molecule has 1 N–H and O–H groups in total. The molecule has 0 fully saturated rings. The van der Waals surface area contributed by atoms with E-state index >= 15 is 0 Å². The maximum Gasteiger partial charge on any atom is 0.277 e. The molecule has 1 amide bonds. The van der Waals surface area contributed by atoms with Crippen molar-refractivity contribution in [3.8, 4) is 0 Å². The lowest BCUT2D eigenvalue weighted by Gasteiger charge is -2.06. The first-order valence-corrected chi connectivity index (χ1v) is 6.01. The van der Waals surface area contributed by atoms with Gasteiger partial charge in [-0.15, -0.1) is 0 Å². The van der Waals surface area contributed by atoms with Crippen molar-refractivity contribution in [1.82, 2.24) is 5.16 Å². The van der Waals surface area contributed by atoms with Gasteiger partial charge in [0.15, 0.2) is 5.69 Å². The largest absolute Gasteiger partial charge is 0.361 e. The van der Waals surface area contributed by atoms with Crippen molar-refractivity contribution < 1.29 is 9.32 Å². The number of nitrogens with one attached hydrogen (secondary N) is 1. The third-order valence-electron chi connectivity index (χ3n) is 2.51. The predicted octanol–water partition coefficient (Wildman–Crippen LogP) is 3.45. The van der Waals surface area contributed by atoms with Gasteiger partial charge in [-0.2, -0.15) is 0 Å². The molecule has 2 rings (SSSR count). The molecule has 0 radical (unpaired) electrons. The molecule has 2 aromatic rings. The molecule has 0 saturated heterocycles. The molecular weight excluding hydrogens is 252 g/mol. The zero-order chi connectivity index (χ0) is 13.1. The number of amides is 1. The minimum atomic E-state index is -0.328. The van der Waals surface area contributed by atoms with E-state index in [1.807, 2.05) is 19.9 Å². The highest BCUT2D eigenvalue weighted by Gasteiger charge is 2.13. The van der Waals surface area contributed by atoms with Crippen LogP contribution in [0.25, 0.3) is 0 Å². The summed E-state index contributed by atoms with van der Waals surface area (Å²) in [6, 6.07) is 7.05. The van der Waals surface area contributed by atoms with Gasteiger partial charge in [0.2, 0.25) is 0 Å². The lowest BCUT2D eigenvalue weighted by atomic mass is 10.2. The summed E-state index contributed by atoms with van der Waals surface area (Å²) in [6.07, 6.45) is 0.700. The van der Waals surface area contributed by atoms with Gasteiger partial charge in [0, 0.05) is 12.5 Å². The Morgan fingerprint density at radius 2 is 2.22 bits per heavy atom. The van der Waals surface area contributed by atoms with E-state index in [2.05, 4.69) is 10.5 Å². The normalized spacial score (nSPS) is 10.4. The number of aromatic nitrogens is 1. The molecule has 0 atom stereocenters. The van der Waals surface area contributed by atoms with Crippen molar-refractivity contribution in [2.45, 2.75) is 20.3 Å². The van der Waals surface area contributed by atoms with Crippen LogP contribution in [0, 0.1) is 6.92 Å². The van der Waals surface area contributed by atoms with Gasteiger partial charge in [-0.05, 0) is 24.6 Å². The van der Waals surface area contributed by atoms with E-state index in [9.17, 15) is 4.79 Å². The molecule has 18 heavy (non-hydrogen) atoms. The molecule has 4 nitrogen and oxygen atoms in total. The number of rotatable bonds is 3. The molecule has 1 aromatic carbocycles. The molecule has 1 aromatic heterocycles. The number of carbonyl (C=O) groups is 1. The number of anilines is 1. The average Bonchev–Trinajstić information content (AvgIpc) is 2.82. The van der Waals surface area contributed by atoms with Crippen molar-refractivity contribution in [2.24, 2.45) is 0 Å². The Kier molecular flexibility index (Phi) is 3.67. The van der Waals surface area contributed by atoms with Crippen LogP contribution in [0.5, 0.6) is 0 Å². The second-order valence-corrected chi connectivity index (χ2v) is 4.38. The molecule has 5 heteroatoms. The molecule has 0 saturated carbocycles. The van der Waals surface area contributed by atoms with Crippen LogP contribution in [0.3, 0.4) is 0 Å². The third-order valence-corrected chi connectivity index (χ3v) is 2.84. The van der Waals surface area contributed by atoms with Crippen molar-refractivity contribution in [2.75, 3.05) is 5.32 Å². The number of hydrogen-bond acceptors (Lipinski definition) is 3. The smallest absolute Gasteiger partial charge is 0.277 e. The average molecular weight is 265 g/mol. The summed E-state index contributed by atoms with van der Waals surface area (Å²) in [7, 11) is 0. The van der Waals surface area contributed by atoms with Gasteiger partial charge < -0.3 is 9.84 Å². The highest BCUT2D eigenvalue weighted by molar-refractivity contribution is 6.33. The van der Waals surface area contributed by atoms with Crippen LogP contribution in [0.15, 0.2) is 28.8 Å². The van der Waals surface area contributed by atoms with Gasteiger partial charge in [-0.25, -0.2) is 0 Å². The van der Waals surface area contributed by atoms with Gasteiger partial charge in [0.1, 0.15) is 5.76 Å². The third kappa shape index (κ3) is 2.71. The number of hydrogen-bond donors (Lipinski definition) is 1. The van der Waals surface area contributed by atoms with Crippen molar-refractivity contribution in [3.63, 3.8) is 0 Å². The quantitative estimate of drug-likeness (QED) is 0.924. The Morgan fingerprint density at radius 1 is 1.44 bits per heavy atom. The van der Waals surface area contributed by atoms with Crippen LogP contribution in [-0.4, -0.2) is 11.1 Å². The maximum atomic E-state index is 11.9. The highest BCUT2D eigenvalue weighted by atomic mass is 35.5. The van der Waals surface area contributed by atoms with E-state index < -0.39 is 0 Å². The lowest BCUT2D eigenvalue weighted by Crippen LogP contribution is -2.12. The Morgan fingerprint density at radius 3 is 2.89 bits per heavy atom. The summed E-state index contributed by atoms with van der Waals surface area (Å²) in [5.74, 6) is 0.349. The predicted molar refractivity (Wildman–Crippen MR) is 70.0 cm³/mol. The first-order chi connectivity index (χ1) is 8.60. The van der Waals surface area contributed by atoms with E-state index in [4.69, 9.17) is 16.1 Å². The van der Waals surface area contributed by atoms with Gasteiger partial charge >= 0.3 is 0 Å². The highest BCUT2D eigenvalue weighted by Crippen LogP contribution is 2.23. The van der Waals surface area contributed by atoms with Gasteiger partial charge in [0.05, 0.1) is 10.7 Å². The van der Waals surface area contributed by atoms with E-state index in [1.165, 1.54) is 0 Å². The van der Waals surface area contributed by atoms with Crippen LogP contribution in [0.1, 0.15) is 28.7 Å². The summed E-state index contributed by atoms with van der Waals surface area (Å²) >= 11 is 6.00. The Hall–Kier alpha value is -1.81. The van der Waals surface area contributed by atoms with E-state index in [1.54, 1.807) is 18.2 Å². The minimum Gasteiger partial charge on any atom is -0.361 e. The molecule has 0 bridgehead atoms. The molecule has 0 unspecified atom stereocenters. The molecule has 0 spiro atoms. The molecule has 0 aliphatic heterocycles. The number of benzene rings is 1. The van der Waals surface area contributed by atoms with Crippen LogP contribution >= 0.6 is 11.6 Å². The zero-order valence-electron chi connectivity index (χ0n) is 10.2. The van der Waals surface area contributed by atoms with E-state index in [0.717, 1.165) is 5.56 Å². The standard InChI is InChI=1S/C13H13ClN2O2/c1-3-9-7-12(16-18-9)13(17)15-11-6-8(2)4-5-10(11)14/h4-7H,3H2,1-2H3,(H,15,17). The second kappa shape index (κ2) is 5.23. The fraction of sp³-hybridized carbons (Fsp3) is 0.231. The monoisotopic (exact) mass is 264 g/mol. The van der Waals surface area contributed by atoms with Gasteiger partial charge in [0.25, 0.3) is 5.91 Å². The first kappa shape index (κ1) is 12.6. The molecule has 0 aliphatic rings. The molecule has 1 heterocycles. The van der Waals surface area contributed by atoms with Gasteiger partial charge in [-0.1, -0.05) is 29.7 Å². The van der Waals surface area contributed by atoms with Crippen LogP contribution in [0.2, 0.25) is 5.02 Å². The van der Waals surface area contributed by atoms with Crippen LogP contribution < -0.4 is 5.32 Å². The summed E-state index contributed by atoms with van der Waals surface area (Å²) in [6.45, 7) is 3.86. The van der Waals surface area contributed by atoms with E-state index in [-0.39, 0.29) is 11.6 Å². The van der Waals surface area contributed by atoms with Crippen molar-refractivity contribution in [3.05, 3.63) is 46.3 Å². The first-order valence-electron chi connectivity index (χ1n) is 5.63. The summed E-state index contributed by atoms with van der Waals surface area (Å²) in [5.41, 5.74) is 1.84. The fourth-order valence-electron chi connectivity index (χ4n) is 1.51. The molecular formula is C13H13ClN2O2. The van der Waals surface area contributed by atoms with Crippen molar-refractivity contribution >= 4 is 23.2 Å². The van der Waals surface area contributed by atoms with Gasteiger partial charge in [-0.3, -0.25) is 4.79 Å². The maximum absolute atomic E-state index is 11.9. The van der Waals surface area contributed by atoms with E-state index in [0.29, 0.717) is 22.9 Å². The SMILES string of the molecule is CCc1cc(C(=O)Nc2cc(C)ccc2Cl)no1. The summed E-state index contributed by atoms with van der Waals surface area (Å²) in [4.78, 5) is 11.9. The number of halogens is 1. The number of carbonyl (C=O) groups excluding carboxylic acids is 1. The summed E-state index contributed by atoms with van der Waals surface area (Å²) in [5, 5.41) is 6.91. The molecule has 94 valence electrons.